The molecule has 3 amide bonds. The van der Waals surface area contributed by atoms with Gasteiger partial charge in [-0.1, -0.05) is 60.7 Å². The highest BCUT2D eigenvalue weighted by atomic mass is 16.6. The van der Waals surface area contributed by atoms with E-state index in [0.717, 1.165) is 68.7 Å². The molecule has 0 saturated carbocycles. The van der Waals surface area contributed by atoms with Gasteiger partial charge in [-0.05, 0) is 98.4 Å². The summed E-state index contributed by atoms with van der Waals surface area (Å²) in [5.41, 5.74) is 6.32. The molecule has 58 heavy (non-hydrogen) atoms. The van der Waals surface area contributed by atoms with Crippen LogP contribution in [0.4, 0.5) is 9.59 Å². The molecule has 0 unspecified atom stereocenters. The van der Waals surface area contributed by atoms with Crippen LogP contribution in [0.15, 0.2) is 85.2 Å². The number of imidazole rings is 2. The molecule has 3 aliphatic heterocycles. The Morgan fingerprint density at radius 3 is 2.10 bits per heavy atom. The minimum Gasteiger partial charge on any atom is -0.453 e. The first-order chi connectivity index (χ1) is 27.9. The number of H-pyrrole nitrogens is 2. The van der Waals surface area contributed by atoms with Crippen molar-refractivity contribution >= 4 is 28.9 Å². The number of alkyl carbamates (subject to hydrolysis) is 1. The minimum atomic E-state index is -0.678. The summed E-state index contributed by atoms with van der Waals surface area (Å²) in [4.78, 5) is 59.1. The maximum Gasteiger partial charge on any atom is 0.411 e. The smallest absolute Gasteiger partial charge is 0.411 e. The van der Waals surface area contributed by atoms with Crippen LogP contribution in [-0.4, -0.2) is 92.9 Å². The van der Waals surface area contributed by atoms with Crippen LogP contribution in [0.2, 0.25) is 0 Å². The first-order valence-corrected chi connectivity index (χ1v) is 20.1. The fourth-order valence-electron chi connectivity index (χ4n) is 8.41. The van der Waals surface area contributed by atoms with Gasteiger partial charge in [-0.3, -0.25) is 9.69 Å². The number of likely N-dealkylation sites (tertiary alicyclic amines) is 2. The van der Waals surface area contributed by atoms with Crippen molar-refractivity contribution in [3.05, 3.63) is 96.9 Å². The van der Waals surface area contributed by atoms with Crippen LogP contribution in [0.5, 0.6) is 0 Å². The third kappa shape index (κ3) is 8.22. The molecule has 13 heteroatoms. The summed E-state index contributed by atoms with van der Waals surface area (Å²) >= 11 is 0. The van der Waals surface area contributed by atoms with Gasteiger partial charge >= 0.3 is 12.2 Å². The molecule has 5 aromatic rings. The van der Waals surface area contributed by atoms with E-state index in [1.165, 1.54) is 7.11 Å². The van der Waals surface area contributed by atoms with Crippen LogP contribution < -0.4 is 5.32 Å². The molecule has 13 nitrogen and oxygen atoms in total. The molecular formula is C45H51N7O6. The van der Waals surface area contributed by atoms with E-state index in [0.29, 0.717) is 51.4 Å². The molecule has 0 bridgehead atoms. The highest BCUT2D eigenvalue weighted by molar-refractivity contribution is 5.91. The lowest BCUT2D eigenvalue weighted by Crippen LogP contribution is -2.53. The van der Waals surface area contributed by atoms with Crippen LogP contribution in [0.25, 0.3) is 44.4 Å². The largest absolute Gasteiger partial charge is 0.453 e. The summed E-state index contributed by atoms with van der Waals surface area (Å²) in [5.74, 6) is 1.32. The van der Waals surface area contributed by atoms with Crippen molar-refractivity contribution in [2.45, 2.75) is 76.6 Å². The van der Waals surface area contributed by atoms with Crippen LogP contribution >= 0.6 is 0 Å². The van der Waals surface area contributed by atoms with Crippen molar-refractivity contribution in [2.75, 3.05) is 33.4 Å². The number of hydrogen-bond acceptors (Lipinski definition) is 8. The van der Waals surface area contributed by atoms with Crippen molar-refractivity contribution in [3.8, 4) is 33.6 Å². The van der Waals surface area contributed by atoms with Gasteiger partial charge in [-0.2, -0.15) is 0 Å². The number of fused-ring (bicyclic) bond motifs is 1. The number of rotatable bonds is 8. The topological polar surface area (TPSA) is 155 Å². The number of carbonyl (C=O) groups is 3. The Bertz CT molecular complexity index is 2320. The van der Waals surface area contributed by atoms with Gasteiger partial charge in [0.05, 0.1) is 43.0 Å². The molecule has 3 N–H and O–H groups in total. The van der Waals surface area contributed by atoms with E-state index in [4.69, 9.17) is 19.2 Å². The molecule has 3 fully saturated rings. The molecule has 5 heterocycles. The SMILES string of the molecule is C=C1C[C@@H](c2ncc(-c3ccc(-c4ccc5cc(-c6cnc([C@@H]7CCCN7C(=O)[C@@H](NC(=O)OC)C7CCOCC7)[nH]6)ccc5c4)cc3)[nH]2)N(C(=O)OC(C)(C)C)C1. The summed E-state index contributed by atoms with van der Waals surface area (Å²) in [7, 11) is 1.31. The third-order valence-electron chi connectivity index (χ3n) is 11.4. The lowest BCUT2D eigenvalue weighted by Gasteiger charge is -2.34. The molecule has 2 aromatic heterocycles. The average molecular weight is 786 g/mol. The Kier molecular flexibility index (Phi) is 10.8. The number of nitrogens with one attached hydrogen (secondary N) is 3. The zero-order valence-corrected chi connectivity index (χ0v) is 33.5. The van der Waals surface area contributed by atoms with Gasteiger partial charge in [-0.25, -0.2) is 19.6 Å². The summed E-state index contributed by atoms with van der Waals surface area (Å²) in [6.07, 6.45) is 6.34. The van der Waals surface area contributed by atoms with Crippen LogP contribution in [-0.2, 0) is 19.0 Å². The van der Waals surface area contributed by atoms with E-state index >= 15 is 0 Å². The van der Waals surface area contributed by atoms with Gasteiger partial charge in [0.2, 0.25) is 5.91 Å². The zero-order chi connectivity index (χ0) is 40.6. The highest BCUT2D eigenvalue weighted by Gasteiger charge is 2.40. The molecule has 302 valence electrons. The Morgan fingerprint density at radius 2 is 1.43 bits per heavy atom. The van der Waals surface area contributed by atoms with E-state index in [-0.39, 0.29) is 30.0 Å². The maximum atomic E-state index is 14.0. The van der Waals surface area contributed by atoms with E-state index in [2.05, 4.69) is 87.5 Å². The second kappa shape index (κ2) is 16.1. The molecule has 3 aromatic carbocycles. The molecular weight excluding hydrogens is 735 g/mol. The van der Waals surface area contributed by atoms with Gasteiger partial charge in [0.15, 0.2) is 0 Å². The number of aromatic nitrogens is 4. The van der Waals surface area contributed by atoms with E-state index in [1.54, 1.807) is 4.90 Å². The first kappa shape index (κ1) is 38.9. The van der Waals surface area contributed by atoms with Crippen molar-refractivity contribution in [2.24, 2.45) is 5.92 Å². The molecule has 3 aliphatic rings. The van der Waals surface area contributed by atoms with Gasteiger partial charge in [0, 0.05) is 31.9 Å². The summed E-state index contributed by atoms with van der Waals surface area (Å²) in [6, 6.07) is 20.0. The van der Waals surface area contributed by atoms with E-state index in [9.17, 15) is 14.4 Å². The van der Waals surface area contributed by atoms with Crippen LogP contribution in [0.3, 0.4) is 0 Å². The predicted octanol–water partition coefficient (Wildman–Crippen LogP) is 8.34. The van der Waals surface area contributed by atoms with Crippen molar-refractivity contribution in [1.82, 2.24) is 35.1 Å². The normalized spacial score (nSPS) is 19.4. The number of carbonyl (C=O) groups excluding carboxylic acids is 3. The Labute approximate surface area is 338 Å². The zero-order valence-electron chi connectivity index (χ0n) is 33.5. The summed E-state index contributed by atoms with van der Waals surface area (Å²) < 4.78 is 16.1. The maximum absolute atomic E-state index is 14.0. The molecule has 8 rings (SSSR count). The molecule has 3 atom stereocenters. The number of aromatic amines is 2. The predicted molar refractivity (Wildman–Crippen MR) is 221 cm³/mol. The fourth-order valence-corrected chi connectivity index (χ4v) is 8.41. The fraction of sp³-hybridized carbons (Fsp3) is 0.400. The van der Waals surface area contributed by atoms with E-state index < -0.39 is 17.7 Å². The average Bonchev–Trinajstić information content (AvgIpc) is 4.06. The molecule has 3 saturated heterocycles. The lowest BCUT2D eigenvalue weighted by molar-refractivity contribution is -0.136. The second-order valence-corrected chi connectivity index (χ2v) is 16.5. The van der Waals surface area contributed by atoms with E-state index in [1.807, 2.05) is 38.1 Å². The standard InChI is InChI=1S/C45H51N7O6/c1-27-21-38(52(26-27)44(55)58-45(2,3)4)41-47-24-35(48-41)29-10-8-28(9-11-29)31-12-13-33-23-34(15-14-32(33)22-31)36-25-46-40(49-36)37-7-6-18-51(37)42(53)39(50-43(54)56-5)30-16-19-57-20-17-30/h8-15,22-25,30,37-39H,1,6-7,16-21,26H2,2-5H3,(H,46,49)(H,47,48)(H,50,54)/t37-,38-,39-/m0/s1. The molecule has 0 radical (unpaired) electrons. The second-order valence-electron chi connectivity index (χ2n) is 16.5. The third-order valence-corrected chi connectivity index (χ3v) is 11.4. The number of methoxy groups -OCH3 is 1. The Hall–Kier alpha value is -5.95. The molecule has 0 spiro atoms. The highest BCUT2D eigenvalue weighted by Crippen LogP contribution is 2.37. The monoisotopic (exact) mass is 785 g/mol. The van der Waals surface area contributed by atoms with Crippen molar-refractivity contribution < 1.29 is 28.6 Å². The number of ether oxygens (including phenoxy) is 3. The van der Waals surface area contributed by atoms with Crippen LogP contribution in [0, 0.1) is 5.92 Å². The minimum absolute atomic E-state index is 0.0217. The quantitative estimate of drug-likeness (QED) is 0.133. The van der Waals surface area contributed by atoms with Crippen LogP contribution in [0.1, 0.15) is 76.6 Å². The van der Waals surface area contributed by atoms with Gasteiger partial charge in [0.1, 0.15) is 23.3 Å². The van der Waals surface area contributed by atoms with Crippen molar-refractivity contribution in [1.29, 1.82) is 0 Å². The number of benzene rings is 3. The van der Waals surface area contributed by atoms with Gasteiger partial charge in [-0.15, -0.1) is 0 Å². The summed E-state index contributed by atoms with van der Waals surface area (Å²) in [6.45, 7) is 11.9. The van der Waals surface area contributed by atoms with Crippen molar-refractivity contribution in [3.63, 3.8) is 0 Å². The number of nitrogens with zero attached hydrogens (tertiary/aromatic N) is 4. The number of amides is 3. The lowest BCUT2D eigenvalue weighted by atomic mass is 9.90. The molecule has 0 aliphatic carbocycles. The first-order valence-electron chi connectivity index (χ1n) is 20.1. The van der Waals surface area contributed by atoms with Gasteiger partial charge in [0.25, 0.3) is 0 Å². The summed E-state index contributed by atoms with van der Waals surface area (Å²) in [5, 5.41) is 5.03. The Morgan fingerprint density at radius 1 is 0.828 bits per heavy atom. The number of hydrogen-bond donors (Lipinski definition) is 3. The Balaban J connectivity index is 0.948. The van der Waals surface area contributed by atoms with Gasteiger partial charge < -0.3 is 34.4 Å².